The molecule has 0 aliphatic heterocycles. The van der Waals surface area contributed by atoms with E-state index in [4.69, 9.17) is 5.73 Å². The number of anilines is 1. The van der Waals surface area contributed by atoms with Crippen LogP contribution in [0.15, 0.2) is 24.7 Å². The van der Waals surface area contributed by atoms with Crippen molar-refractivity contribution in [2.24, 2.45) is 0 Å². The van der Waals surface area contributed by atoms with Gasteiger partial charge in [-0.05, 0) is 18.6 Å². The second kappa shape index (κ2) is 3.51. The number of fused-ring (bicyclic) bond motifs is 1. The zero-order chi connectivity index (χ0) is 11.8. The van der Waals surface area contributed by atoms with E-state index in [0.717, 1.165) is 16.8 Å². The molecule has 0 saturated carbocycles. The van der Waals surface area contributed by atoms with E-state index in [0.29, 0.717) is 11.3 Å². The number of nitrogens with two attached hydrogens (primary N) is 1. The minimum Gasteiger partial charge on any atom is -0.354 e. The van der Waals surface area contributed by atoms with Crippen molar-refractivity contribution in [2.45, 2.75) is 6.92 Å². The second-order valence-electron chi connectivity index (χ2n) is 3.81. The van der Waals surface area contributed by atoms with Crippen molar-refractivity contribution in [3.05, 3.63) is 30.2 Å². The summed E-state index contributed by atoms with van der Waals surface area (Å²) < 4.78 is 0. The second-order valence-corrected chi connectivity index (χ2v) is 3.81. The zero-order valence-electron chi connectivity index (χ0n) is 9.23. The summed E-state index contributed by atoms with van der Waals surface area (Å²) in [5.74, 6) is 0.228. The first kappa shape index (κ1) is 9.71. The number of imidazole rings is 1. The quantitative estimate of drug-likeness (QED) is 0.640. The highest BCUT2D eigenvalue weighted by atomic mass is 15.1. The molecule has 0 unspecified atom stereocenters. The molecular weight excluding hydrogens is 216 g/mol. The maximum Gasteiger partial charge on any atom is 0.305 e. The first-order valence-corrected chi connectivity index (χ1v) is 5.19. The lowest BCUT2D eigenvalue weighted by molar-refractivity contribution is -0.347. The number of aromatic nitrogens is 5. The summed E-state index contributed by atoms with van der Waals surface area (Å²) in [6, 6.07) is 3.90. The van der Waals surface area contributed by atoms with E-state index in [2.05, 4.69) is 24.9 Å². The van der Waals surface area contributed by atoms with Gasteiger partial charge in [0.1, 0.15) is 5.69 Å². The molecule has 4 N–H and O–H groups in total. The van der Waals surface area contributed by atoms with Crippen molar-refractivity contribution in [2.75, 3.05) is 5.73 Å². The van der Waals surface area contributed by atoms with E-state index in [-0.39, 0.29) is 5.95 Å². The number of pyridine rings is 1. The Morgan fingerprint density at radius 1 is 1.29 bits per heavy atom. The number of hydrogen-bond donors (Lipinski definition) is 2. The van der Waals surface area contributed by atoms with E-state index in [1.54, 1.807) is 12.5 Å². The molecule has 3 heterocycles. The predicted octanol–water partition coefficient (Wildman–Crippen LogP) is 0.725. The van der Waals surface area contributed by atoms with E-state index in [9.17, 15) is 0 Å². The average molecular weight is 227 g/mol. The highest BCUT2D eigenvalue weighted by Crippen LogP contribution is 2.21. The van der Waals surface area contributed by atoms with Gasteiger partial charge in [-0.2, -0.15) is 4.98 Å². The molecule has 0 atom stereocenters. The minimum atomic E-state index is 0.228. The van der Waals surface area contributed by atoms with Crippen LogP contribution >= 0.6 is 0 Å². The zero-order valence-corrected chi connectivity index (χ0v) is 9.23. The van der Waals surface area contributed by atoms with Gasteiger partial charge in [-0.25, -0.2) is 4.98 Å². The fourth-order valence-corrected chi connectivity index (χ4v) is 1.69. The maximum atomic E-state index is 5.67. The molecule has 0 spiro atoms. The Hall–Kier alpha value is -2.50. The third-order valence-corrected chi connectivity index (χ3v) is 2.51. The van der Waals surface area contributed by atoms with Crippen LogP contribution in [0, 0.1) is 6.92 Å². The van der Waals surface area contributed by atoms with E-state index >= 15 is 0 Å². The van der Waals surface area contributed by atoms with Gasteiger partial charge in [-0.3, -0.25) is 9.97 Å². The van der Waals surface area contributed by atoms with Crippen LogP contribution in [-0.2, 0) is 0 Å². The van der Waals surface area contributed by atoms with E-state index < -0.39 is 0 Å². The van der Waals surface area contributed by atoms with Gasteiger partial charge in [-0.15, -0.1) is 0 Å². The highest BCUT2D eigenvalue weighted by molar-refractivity contribution is 5.84. The van der Waals surface area contributed by atoms with Crippen LogP contribution in [0.4, 0.5) is 5.95 Å². The normalized spacial score (nSPS) is 10.9. The molecule has 0 fully saturated rings. The Kier molecular flexibility index (Phi) is 2.01. The van der Waals surface area contributed by atoms with Crippen LogP contribution in [0.1, 0.15) is 5.56 Å². The summed E-state index contributed by atoms with van der Waals surface area (Å²) in [6.45, 7) is 1.99. The molecule has 17 heavy (non-hydrogen) atoms. The largest absolute Gasteiger partial charge is 0.354 e. The number of H-pyrrole nitrogens is 2. The number of nitrogen functional groups attached to an aromatic ring is 1. The van der Waals surface area contributed by atoms with Crippen molar-refractivity contribution in [1.29, 1.82) is 0 Å². The first-order valence-electron chi connectivity index (χ1n) is 5.19. The third kappa shape index (κ3) is 1.59. The first-order chi connectivity index (χ1) is 8.24. The Balaban J connectivity index is 2.28. The fourth-order valence-electron chi connectivity index (χ4n) is 1.69. The number of nitrogens with one attached hydrogen (secondary N) is 2. The monoisotopic (exact) mass is 227 g/mol. The van der Waals surface area contributed by atoms with Gasteiger partial charge < -0.3 is 5.73 Å². The smallest absolute Gasteiger partial charge is 0.305 e. The summed E-state index contributed by atoms with van der Waals surface area (Å²) in [6.07, 6.45) is 3.49. The third-order valence-electron chi connectivity index (χ3n) is 2.51. The number of aryl methyl sites for hydroxylation is 1. The molecule has 6 heteroatoms. The fraction of sp³-hybridized carbons (Fsp3) is 0.0909. The average Bonchev–Trinajstić information content (AvgIpc) is 2.77. The molecule has 3 rings (SSSR count). The number of nitrogens with zero attached hydrogens (tertiary/aromatic N) is 3. The lowest BCUT2D eigenvalue weighted by Crippen LogP contribution is -2.03. The highest BCUT2D eigenvalue weighted by Gasteiger charge is 2.16. The van der Waals surface area contributed by atoms with Crippen LogP contribution in [0.3, 0.4) is 0 Å². The molecule has 0 aliphatic rings. The molecule has 0 aromatic carbocycles. The van der Waals surface area contributed by atoms with Gasteiger partial charge in [0, 0.05) is 6.20 Å². The summed E-state index contributed by atoms with van der Waals surface area (Å²) in [7, 11) is 0. The van der Waals surface area contributed by atoms with E-state index in [1.165, 1.54) is 0 Å². The Labute approximate surface area is 97.0 Å². The molecule has 0 saturated heterocycles. The van der Waals surface area contributed by atoms with Gasteiger partial charge >= 0.3 is 5.65 Å². The molecular formula is C11H11N6+. The Morgan fingerprint density at radius 3 is 2.94 bits per heavy atom. The van der Waals surface area contributed by atoms with Crippen molar-refractivity contribution >= 4 is 17.1 Å². The minimum absolute atomic E-state index is 0.228. The van der Waals surface area contributed by atoms with Gasteiger partial charge in [0.2, 0.25) is 5.52 Å². The summed E-state index contributed by atoms with van der Waals surface area (Å²) in [5.41, 5.74) is 9.72. The SMILES string of the molecule is Cc1ccc(-c2nc(N)nc3[nH+]c[nH]c23)nc1. The Morgan fingerprint density at radius 2 is 2.18 bits per heavy atom. The molecule has 0 bridgehead atoms. The predicted molar refractivity (Wildman–Crippen MR) is 62.8 cm³/mol. The molecule has 0 radical (unpaired) electrons. The van der Waals surface area contributed by atoms with Crippen molar-refractivity contribution in [1.82, 2.24) is 19.9 Å². The molecule has 3 aromatic heterocycles. The van der Waals surface area contributed by atoms with Crippen molar-refractivity contribution in [3.8, 4) is 11.4 Å². The van der Waals surface area contributed by atoms with Gasteiger partial charge in [0.15, 0.2) is 6.33 Å². The van der Waals surface area contributed by atoms with Crippen LogP contribution in [0.5, 0.6) is 0 Å². The molecule has 0 aliphatic carbocycles. The van der Waals surface area contributed by atoms with Gasteiger partial charge in [0.25, 0.3) is 5.95 Å². The summed E-state index contributed by atoms with van der Waals surface area (Å²) in [4.78, 5) is 18.7. The van der Waals surface area contributed by atoms with Crippen LogP contribution in [0.25, 0.3) is 22.6 Å². The van der Waals surface area contributed by atoms with Crippen LogP contribution in [0.2, 0.25) is 0 Å². The Bertz CT molecular complexity index is 670. The lowest BCUT2D eigenvalue weighted by atomic mass is 10.2. The van der Waals surface area contributed by atoms with Gasteiger partial charge in [-0.1, -0.05) is 11.1 Å². The molecule has 6 nitrogen and oxygen atoms in total. The lowest BCUT2D eigenvalue weighted by Gasteiger charge is -1.99. The summed E-state index contributed by atoms with van der Waals surface area (Å²) >= 11 is 0. The number of hydrogen-bond acceptors (Lipinski definition) is 4. The number of aromatic amines is 2. The molecule has 84 valence electrons. The maximum absolute atomic E-state index is 5.67. The summed E-state index contributed by atoms with van der Waals surface area (Å²) in [5, 5.41) is 0. The van der Waals surface area contributed by atoms with Crippen LogP contribution in [-0.4, -0.2) is 19.9 Å². The topological polar surface area (TPSA) is 94.6 Å². The molecule has 0 amide bonds. The number of rotatable bonds is 1. The van der Waals surface area contributed by atoms with Crippen molar-refractivity contribution < 1.29 is 4.98 Å². The van der Waals surface area contributed by atoms with E-state index in [1.807, 2.05) is 19.1 Å². The molecule has 3 aromatic rings. The van der Waals surface area contributed by atoms with Gasteiger partial charge in [0.05, 0.1) is 5.69 Å². The standard InChI is InChI=1S/C11H10N6/c1-6-2-3-7(13-4-6)8-9-10(15-5-14-9)17-11(12)16-8/h2-5H,1H3,(H3,12,14,15,16,17)/p+1. The van der Waals surface area contributed by atoms with Crippen molar-refractivity contribution in [3.63, 3.8) is 0 Å². The van der Waals surface area contributed by atoms with Crippen LogP contribution < -0.4 is 10.7 Å².